The first-order valence-electron chi connectivity index (χ1n) is 8.78. The first-order chi connectivity index (χ1) is 12.4. The van der Waals surface area contributed by atoms with Gasteiger partial charge in [0.25, 0.3) is 5.91 Å². The Balaban J connectivity index is 1.88. The molecule has 0 spiro atoms. The van der Waals surface area contributed by atoms with E-state index < -0.39 is 12.6 Å². The number of aliphatic imine (C=N–C) groups is 1. The van der Waals surface area contributed by atoms with Gasteiger partial charge >= 0.3 is 6.18 Å². The van der Waals surface area contributed by atoms with Crippen molar-refractivity contribution in [1.82, 2.24) is 15.5 Å². The standard InChI is InChI=1S/C18H25F3N4O/c1-22-17(23-9-8-18(19,20)21)24-13-14-6-5-7-15(12-14)16(26)25-10-3-2-4-11-25/h5-7,12H,2-4,8-11,13H2,1H3,(H2,22,23,24). The van der Waals surface area contributed by atoms with E-state index in [0.717, 1.165) is 37.9 Å². The van der Waals surface area contributed by atoms with Crippen molar-refractivity contribution >= 4 is 11.9 Å². The maximum absolute atomic E-state index is 12.5. The van der Waals surface area contributed by atoms with Crippen LogP contribution in [-0.4, -0.2) is 49.6 Å². The van der Waals surface area contributed by atoms with Gasteiger partial charge in [-0.25, -0.2) is 0 Å². The second-order valence-corrected chi connectivity index (χ2v) is 6.27. The van der Waals surface area contributed by atoms with Gasteiger partial charge in [-0.3, -0.25) is 9.79 Å². The van der Waals surface area contributed by atoms with Crippen molar-refractivity contribution in [2.24, 2.45) is 4.99 Å². The maximum atomic E-state index is 12.5. The summed E-state index contributed by atoms with van der Waals surface area (Å²) in [6.45, 7) is 1.71. The smallest absolute Gasteiger partial charge is 0.356 e. The molecule has 8 heteroatoms. The van der Waals surface area contributed by atoms with Gasteiger partial charge in [-0.15, -0.1) is 0 Å². The minimum atomic E-state index is -4.20. The fraction of sp³-hybridized carbons (Fsp3) is 0.556. The molecule has 0 aromatic heterocycles. The average molecular weight is 370 g/mol. The molecule has 1 aliphatic heterocycles. The summed E-state index contributed by atoms with van der Waals surface area (Å²) in [5, 5.41) is 5.59. The van der Waals surface area contributed by atoms with Crippen molar-refractivity contribution in [3.05, 3.63) is 35.4 Å². The van der Waals surface area contributed by atoms with Crippen LogP contribution < -0.4 is 10.6 Å². The van der Waals surface area contributed by atoms with E-state index in [-0.39, 0.29) is 12.5 Å². The minimum absolute atomic E-state index is 0.0271. The van der Waals surface area contributed by atoms with Crippen molar-refractivity contribution in [2.75, 3.05) is 26.7 Å². The van der Waals surface area contributed by atoms with Crippen molar-refractivity contribution in [3.63, 3.8) is 0 Å². The minimum Gasteiger partial charge on any atom is -0.356 e. The van der Waals surface area contributed by atoms with Crippen molar-refractivity contribution in [1.29, 1.82) is 0 Å². The number of alkyl halides is 3. The highest BCUT2D eigenvalue weighted by Crippen LogP contribution is 2.18. The molecule has 1 aromatic carbocycles. The molecule has 1 aliphatic rings. The molecule has 0 radical (unpaired) electrons. The second kappa shape index (κ2) is 9.45. The highest BCUT2D eigenvalue weighted by atomic mass is 19.4. The predicted molar refractivity (Wildman–Crippen MR) is 95.1 cm³/mol. The van der Waals surface area contributed by atoms with Crippen molar-refractivity contribution in [3.8, 4) is 0 Å². The quantitative estimate of drug-likeness (QED) is 0.619. The summed E-state index contributed by atoms with van der Waals surface area (Å²) in [6, 6.07) is 7.28. The number of halogens is 3. The molecule has 26 heavy (non-hydrogen) atoms. The Morgan fingerprint density at radius 3 is 2.58 bits per heavy atom. The fourth-order valence-corrected chi connectivity index (χ4v) is 2.82. The van der Waals surface area contributed by atoms with E-state index in [4.69, 9.17) is 0 Å². The third kappa shape index (κ3) is 6.57. The molecule has 5 nitrogen and oxygen atoms in total. The Morgan fingerprint density at radius 2 is 1.92 bits per heavy atom. The number of benzene rings is 1. The van der Waals surface area contributed by atoms with Crippen LogP contribution in [-0.2, 0) is 6.54 Å². The number of piperidine rings is 1. The highest BCUT2D eigenvalue weighted by molar-refractivity contribution is 5.94. The predicted octanol–water partition coefficient (Wildman–Crippen LogP) is 2.93. The van der Waals surface area contributed by atoms with Gasteiger partial charge in [-0.2, -0.15) is 13.2 Å². The zero-order chi connectivity index (χ0) is 19.0. The van der Waals surface area contributed by atoms with Crippen LogP contribution in [0, 0.1) is 0 Å². The fourth-order valence-electron chi connectivity index (χ4n) is 2.82. The van der Waals surface area contributed by atoms with Gasteiger partial charge in [0.1, 0.15) is 0 Å². The van der Waals surface area contributed by atoms with Crippen LogP contribution in [0.4, 0.5) is 13.2 Å². The van der Waals surface area contributed by atoms with Crippen LogP contribution in [0.15, 0.2) is 29.3 Å². The molecular formula is C18H25F3N4O. The van der Waals surface area contributed by atoms with Gasteiger partial charge in [0.15, 0.2) is 5.96 Å². The Hall–Kier alpha value is -2.25. The molecule has 0 saturated carbocycles. The van der Waals surface area contributed by atoms with Crippen LogP contribution in [0.25, 0.3) is 0 Å². The van der Waals surface area contributed by atoms with Gasteiger partial charge in [-0.05, 0) is 37.0 Å². The van der Waals surface area contributed by atoms with Gasteiger partial charge in [0.2, 0.25) is 0 Å². The van der Waals surface area contributed by atoms with Gasteiger partial charge in [0, 0.05) is 38.8 Å². The summed E-state index contributed by atoms with van der Waals surface area (Å²) < 4.78 is 36.6. The zero-order valence-corrected chi connectivity index (χ0v) is 14.9. The number of carbonyl (C=O) groups is 1. The number of amides is 1. The molecule has 0 atom stereocenters. The summed E-state index contributed by atoms with van der Waals surface area (Å²) >= 11 is 0. The van der Waals surface area contributed by atoms with E-state index in [9.17, 15) is 18.0 Å². The van der Waals surface area contributed by atoms with Crippen LogP contribution in [0.2, 0.25) is 0 Å². The molecular weight excluding hydrogens is 345 g/mol. The molecule has 1 aromatic rings. The number of likely N-dealkylation sites (tertiary alicyclic amines) is 1. The molecule has 1 heterocycles. The van der Waals surface area contributed by atoms with Crippen LogP contribution >= 0.6 is 0 Å². The topological polar surface area (TPSA) is 56.7 Å². The third-order valence-corrected chi connectivity index (χ3v) is 4.20. The maximum Gasteiger partial charge on any atom is 0.390 e. The van der Waals surface area contributed by atoms with Gasteiger partial charge in [-0.1, -0.05) is 12.1 Å². The van der Waals surface area contributed by atoms with E-state index in [0.29, 0.717) is 18.1 Å². The Labute approximate surface area is 151 Å². The molecule has 1 saturated heterocycles. The molecule has 0 aliphatic carbocycles. The summed E-state index contributed by atoms with van der Waals surface area (Å²) in [5.74, 6) is 0.321. The van der Waals surface area contributed by atoms with E-state index in [1.807, 2.05) is 23.1 Å². The van der Waals surface area contributed by atoms with Crippen molar-refractivity contribution < 1.29 is 18.0 Å². The summed E-state index contributed by atoms with van der Waals surface area (Å²) in [4.78, 5) is 18.3. The number of nitrogens with zero attached hydrogens (tertiary/aromatic N) is 2. The molecule has 2 rings (SSSR count). The van der Waals surface area contributed by atoms with E-state index in [2.05, 4.69) is 15.6 Å². The van der Waals surface area contributed by atoms with Crippen molar-refractivity contribution in [2.45, 2.75) is 38.4 Å². The molecule has 0 unspecified atom stereocenters. The molecule has 1 amide bonds. The van der Waals surface area contributed by atoms with E-state index >= 15 is 0 Å². The number of guanidine groups is 1. The van der Waals surface area contributed by atoms with Crippen LogP contribution in [0.5, 0.6) is 0 Å². The lowest BCUT2D eigenvalue weighted by molar-refractivity contribution is -0.132. The number of hydrogen-bond acceptors (Lipinski definition) is 2. The molecule has 1 fully saturated rings. The highest BCUT2D eigenvalue weighted by Gasteiger charge is 2.26. The zero-order valence-electron chi connectivity index (χ0n) is 14.9. The summed E-state index contributed by atoms with van der Waals surface area (Å²) in [5.41, 5.74) is 1.50. The van der Waals surface area contributed by atoms with Gasteiger partial charge in [0.05, 0.1) is 6.42 Å². The largest absolute Gasteiger partial charge is 0.390 e. The average Bonchev–Trinajstić information content (AvgIpc) is 2.64. The van der Waals surface area contributed by atoms with E-state index in [1.54, 1.807) is 6.07 Å². The van der Waals surface area contributed by atoms with E-state index in [1.165, 1.54) is 7.05 Å². The normalized spacial score (nSPS) is 15.7. The first-order valence-corrected chi connectivity index (χ1v) is 8.78. The second-order valence-electron chi connectivity index (χ2n) is 6.27. The lowest BCUT2D eigenvalue weighted by Gasteiger charge is -2.26. The first kappa shape index (κ1) is 20.1. The van der Waals surface area contributed by atoms with Crippen LogP contribution in [0.3, 0.4) is 0 Å². The Morgan fingerprint density at radius 1 is 1.19 bits per heavy atom. The Kier molecular flexibility index (Phi) is 7.29. The molecule has 2 N–H and O–H groups in total. The summed E-state index contributed by atoms with van der Waals surface area (Å²) in [7, 11) is 1.50. The lowest BCUT2D eigenvalue weighted by atomic mass is 10.1. The van der Waals surface area contributed by atoms with Gasteiger partial charge < -0.3 is 15.5 Å². The van der Waals surface area contributed by atoms with Crippen LogP contribution in [0.1, 0.15) is 41.6 Å². The summed E-state index contributed by atoms with van der Waals surface area (Å²) in [6.07, 6.45) is -1.89. The number of nitrogens with one attached hydrogen (secondary N) is 2. The number of carbonyl (C=O) groups excluding carboxylic acids is 1. The monoisotopic (exact) mass is 370 g/mol. The lowest BCUT2D eigenvalue weighted by Crippen LogP contribution is -2.38. The third-order valence-electron chi connectivity index (χ3n) is 4.20. The Bertz CT molecular complexity index is 625. The molecule has 0 bridgehead atoms. The number of rotatable bonds is 5. The SMILES string of the molecule is CN=C(NCCC(F)(F)F)NCc1cccc(C(=O)N2CCCCC2)c1. The number of hydrogen-bond donors (Lipinski definition) is 2. The molecule has 144 valence electrons.